The van der Waals surface area contributed by atoms with Crippen molar-refractivity contribution in [2.45, 2.75) is 6.04 Å². The highest BCUT2D eigenvalue weighted by Gasteiger charge is 2.30. The monoisotopic (exact) mass is 281 g/mol. The van der Waals surface area contributed by atoms with E-state index in [1.54, 1.807) is 6.07 Å². The van der Waals surface area contributed by atoms with E-state index in [4.69, 9.17) is 0 Å². The Balaban J connectivity index is 1.69. The molecular weight excluding hydrogens is 269 g/mol. The topological polar surface area (TPSA) is 56.9 Å². The molecule has 4 rings (SSSR count). The minimum Gasteiger partial charge on any atom is -0.370 e. The first kappa shape index (κ1) is 12.0. The number of fused-ring (bicyclic) bond motifs is 2. The minimum absolute atomic E-state index is 0.176. The van der Waals surface area contributed by atoms with E-state index in [2.05, 4.69) is 15.6 Å². The van der Waals surface area contributed by atoms with Gasteiger partial charge in [0.2, 0.25) is 0 Å². The molecule has 5 heteroatoms. The first-order valence-corrected chi connectivity index (χ1v) is 6.65. The molecule has 1 aliphatic rings. The summed E-state index contributed by atoms with van der Waals surface area (Å²) in [5, 5.41) is 6.96. The normalized spacial score (nSPS) is 16.8. The fraction of sp³-hybridized carbons (Fsp3) is 0.0625. The smallest absolute Gasteiger partial charge is 0.251 e. The maximum Gasteiger partial charge on any atom is 0.251 e. The van der Waals surface area contributed by atoms with E-state index in [0.717, 1.165) is 22.2 Å². The molecule has 0 spiro atoms. The molecule has 0 aliphatic carbocycles. The Labute approximate surface area is 120 Å². The summed E-state index contributed by atoms with van der Waals surface area (Å²) >= 11 is 0. The molecule has 21 heavy (non-hydrogen) atoms. The molecule has 3 aromatic rings. The van der Waals surface area contributed by atoms with Crippen molar-refractivity contribution < 1.29 is 9.18 Å². The number of hydrogen-bond donors (Lipinski definition) is 3. The second-order valence-corrected chi connectivity index (χ2v) is 5.08. The van der Waals surface area contributed by atoms with Gasteiger partial charge in [0, 0.05) is 34.0 Å². The van der Waals surface area contributed by atoms with Gasteiger partial charge in [0.25, 0.3) is 5.91 Å². The van der Waals surface area contributed by atoms with Crippen molar-refractivity contribution in [2.24, 2.45) is 0 Å². The SMILES string of the molecule is O=C1Nc2cc(F)ccc2C1Nc1ccc2[nH]ccc2c1. The van der Waals surface area contributed by atoms with Crippen LogP contribution in [0, 0.1) is 5.82 Å². The van der Waals surface area contributed by atoms with Crippen molar-refractivity contribution >= 4 is 28.2 Å². The molecule has 4 nitrogen and oxygen atoms in total. The molecule has 1 unspecified atom stereocenters. The predicted octanol–water partition coefficient (Wildman–Crippen LogP) is 3.41. The molecule has 0 radical (unpaired) electrons. The van der Waals surface area contributed by atoms with Crippen molar-refractivity contribution in [1.82, 2.24) is 4.98 Å². The molecule has 1 atom stereocenters. The number of amides is 1. The standard InChI is InChI=1S/C16H12FN3O/c17-10-1-3-12-14(8-10)20-16(21)15(12)19-11-2-4-13-9(7-11)5-6-18-13/h1-8,15,18-19H,(H,20,21). The fourth-order valence-electron chi connectivity index (χ4n) is 2.69. The number of halogens is 1. The van der Waals surface area contributed by atoms with Gasteiger partial charge in [-0.1, -0.05) is 6.07 Å². The summed E-state index contributed by atoms with van der Waals surface area (Å²) in [4.78, 5) is 15.2. The number of H-pyrrole nitrogens is 1. The third-order valence-electron chi connectivity index (χ3n) is 3.71. The summed E-state index contributed by atoms with van der Waals surface area (Å²) in [7, 11) is 0. The number of aromatic amines is 1. The predicted molar refractivity (Wildman–Crippen MR) is 79.7 cm³/mol. The number of hydrogen-bond acceptors (Lipinski definition) is 2. The van der Waals surface area contributed by atoms with E-state index in [1.165, 1.54) is 12.1 Å². The zero-order valence-corrected chi connectivity index (χ0v) is 11.0. The number of anilines is 2. The molecule has 0 saturated carbocycles. The summed E-state index contributed by atoms with van der Waals surface area (Å²) < 4.78 is 13.2. The second-order valence-electron chi connectivity index (χ2n) is 5.08. The van der Waals surface area contributed by atoms with Gasteiger partial charge in [0.05, 0.1) is 0 Å². The van der Waals surface area contributed by atoms with Crippen LogP contribution in [-0.2, 0) is 4.79 Å². The van der Waals surface area contributed by atoms with Crippen LogP contribution in [0.4, 0.5) is 15.8 Å². The first-order valence-electron chi connectivity index (χ1n) is 6.65. The van der Waals surface area contributed by atoms with Gasteiger partial charge >= 0.3 is 0 Å². The van der Waals surface area contributed by atoms with Crippen LogP contribution in [0.15, 0.2) is 48.7 Å². The van der Waals surface area contributed by atoms with Gasteiger partial charge in [-0.25, -0.2) is 4.39 Å². The molecule has 0 saturated heterocycles. The number of aromatic nitrogens is 1. The average molecular weight is 281 g/mol. The highest BCUT2D eigenvalue weighted by Crippen LogP contribution is 2.34. The second kappa shape index (κ2) is 4.34. The molecule has 1 aliphatic heterocycles. The van der Waals surface area contributed by atoms with E-state index in [-0.39, 0.29) is 11.7 Å². The van der Waals surface area contributed by atoms with Crippen LogP contribution in [0.1, 0.15) is 11.6 Å². The maximum absolute atomic E-state index is 13.2. The van der Waals surface area contributed by atoms with Crippen molar-refractivity contribution in [3.8, 4) is 0 Å². The van der Waals surface area contributed by atoms with Crippen molar-refractivity contribution in [3.05, 3.63) is 60.0 Å². The summed E-state index contributed by atoms with van der Waals surface area (Å²) in [6, 6.07) is 11.6. The summed E-state index contributed by atoms with van der Waals surface area (Å²) in [5.41, 5.74) is 3.18. The van der Waals surface area contributed by atoms with Crippen molar-refractivity contribution in [1.29, 1.82) is 0 Å². The molecule has 1 aromatic heterocycles. The summed E-state index contributed by atoms with van der Waals surface area (Å²) in [6.45, 7) is 0. The minimum atomic E-state index is -0.503. The molecule has 0 fully saturated rings. The van der Waals surface area contributed by atoms with E-state index in [1.807, 2.05) is 30.5 Å². The highest BCUT2D eigenvalue weighted by molar-refractivity contribution is 6.04. The van der Waals surface area contributed by atoms with E-state index < -0.39 is 6.04 Å². The summed E-state index contributed by atoms with van der Waals surface area (Å²) in [6.07, 6.45) is 1.87. The van der Waals surface area contributed by atoms with Crippen LogP contribution >= 0.6 is 0 Å². The Morgan fingerprint density at radius 3 is 2.90 bits per heavy atom. The van der Waals surface area contributed by atoms with Gasteiger partial charge in [-0.2, -0.15) is 0 Å². The Morgan fingerprint density at radius 2 is 2.00 bits per heavy atom. The number of rotatable bonds is 2. The quantitative estimate of drug-likeness (QED) is 0.674. The lowest BCUT2D eigenvalue weighted by Gasteiger charge is -2.13. The van der Waals surface area contributed by atoms with E-state index in [0.29, 0.717) is 5.69 Å². The highest BCUT2D eigenvalue weighted by atomic mass is 19.1. The van der Waals surface area contributed by atoms with Crippen LogP contribution < -0.4 is 10.6 Å². The molecule has 1 amide bonds. The van der Waals surface area contributed by atoms with Gasteiger partial charge in [0.15, 0.2) is 0 Å². The Bertz CT molecular complexity index is 856. The van der Waals surface area contributed by atoms with Gasteiger partial charge < -0.3 is 15.6 Å². The third kappa shape index (κ3) is 1.94. The molecule has 3 N–H and O–H groups in total. The van der Waals surface area contributed by atoms with E-state index in [9.17, 15) is 9.18 Å². The van der Waals surface area contributed by atoms with Crippen LogP contribution in [0.2, 0.25) is 0 Å². The van der Waals surface area contributed by atoms with Gasteiger partial charge in [-0.05, 0) is 36.4 Å². The molecule has 2 heterocycles. The number of carbonyl (C=O) groups excluding carboxylic acids is 1. The Kier molecular flexibility index (Phi) is 2.47. The van der Waals surface area contributed by atoms with Gasteiger partial charge in [-0.3, -0.25) is 4.79 Å². The zero-order valence-electron chi connectivity index (χ0n) is 11.0. The lowest BCUT2D eigenvalue weighted by Crippen LogP contribution is -2.19. The number of benzene rings is 2. The Hall–Kier alpha value is -2.82. The number of carbonyl (C=O) groups is 1. The van der Waals surface area contributed by atoms with Crippen LogP contribution in [0.25, 0.3) is 10.9 Å². The van der Waals surface area contributed by atoms with E-state index >= 15 is 0 Å². The zero-order chi connectivity index (χ0) is 14.4. The van der Waals surface area contributed by atoms with Gasteiger partial charge in [-0.15, -0.1) is 0 Å². The number of nitrogens with one attached hydrogen (secondary N) is 3. The maximum atomic E-state index is 13.2. The lowest BCUT2D eigenvalue weighted by atomic mass is 10.1. The average Bonchev–Trinajstić information content (AvgIpc) is 3.03. The summed E-state index contributed by atoms with van der Waals surface area (Å²) in [5.74, 6) is -0.534. The molecule has 104 valence electrons. The molecule has 0 bridgehead atoms. The van der Waals surface area contributed by atoms with Crippen LogP contribution in [-0.4, -0.2) is 10.9 Å². The van der Waals surface area contributed by atoms with Crippen molar-refractivity contribution in [3.63, 3.8) is 0 Å². The fourth-order valence-corrected chi connectivity index (χ4v) is 2.69. The first-order chi connectivity index (χ1) is 10.2. The van der Waals surface area contributed by atoms with Gasteiger partial charge in [0.1, 0.15) is 11.9 Å². The Morgan fingerprint density at radius 1 is 1.10 bits per heavy atom. The molecule has 2 aromatic carbocycles. The largest absolute Gasteiger partial charge is 0.370 e. The van der Waals surface area contributed by atoms with Crippen molar-refractivity contribution in [2.75, 3.05) is 10.6 Å². The lowest BCUT2D eigenvalue weighted by molar-refractivity contribution is -0.116. The van der Waals surface area contributed by atoms with Crippen LogP contribution in [0.3, 0.4) is 0 Å². The molecular formula is C16H12FN3O. The third-order valence-corrected chi connectivity index (χ3v) is 3.71. The van der Waals surface area contributed by atoms with Crippen LogP contribution in [0.5, 0.6) is 0 Å².